The predicted octanol–water partition coefficient (Wildman–Crippen LogP) is 5.22. The van der Waals surface area contributed by atoms with Gasteiger partial charge in [0.15, 0.2) is 0 Å². The van der Waals surface area contributed by atoms with E-state index in [9.17, 15) is 0 Å². The lowest BCUT2D eigenvalue weighted by molar-refractivity contribution is 0.414. The summed E-state index contributed by atoms with van der Waals surface area (Å²) in [6.45, 7) is 9.23. The third kappa shape index (κ3) is 1.99. The van der Waals surface area contributed by atoms with Crippen LogP contribution in [0.25, 0.3) is 0 Å². The van der Waals surface area contributed by atoms with Crippen molar-refractivity contribution in [1.29, 1.82) is 0 Å². The van der Waals surface area contributed by atoms with E-state index in [4.69, 9.17) is 0 Å². The van der Waals surface area contributed by atoms with E-state index in [0.717, 1.165) is 5.92 Å². The zero-order valence-electron chi connectivity index (χ0n) is 11.3. The van der Waals surface area contributed by atoms with Gasteiger partial charge in [0.1, 0.15) is 0 Å². The lowest BCUT2D eigenvalue weighted by Gasteiger charge is -2.26. The zero-order valence-corrected chi connectivity index (χ0v) is 11.3. The average molecular weight is 217 g/mol. The lowest BCUT2D eigenvalue weighted by atomic mass is 9.79. The van der Waals surface area contributed by atoms with E-state index in [0.29, 0.717) is 0 Å². The van der Waals surface area contributed by atoms with Gasteiger partial charge in [0.05, 0.1) is 0 Å². The van der Waals surface area contributed by atoms with Crippen LogP contribution in [-0.4, -0.2) is 0 Å². The van der Waals surface area contributed by atoms with Crippen LogP contribution in [0.4, 0.5) is 0 Å². The molecule has 0 amide bonds. The highest BCUT2D eigenvalue weighted by molar-refractivity contribution is 5.58. The molecule has 0 bridgehead atoms. The zero-order chi connectivity index (χ0) is 11.7. The highest BCUT2D eigenvalue weighted by atomic mass is 14.4. The molecule has 0 N–H and O–H groups in total. The molecule has 0 saturated heterocycles. The van der Waals surface area contributed by atoms with Crippen LogP contribution in [0.5, 0.6) is 0 Å². The summed E-state index contributed by atoms with van der Waals surface area (Å²) in [6, 6.07) is 0. The Labute approximate surface area is 101 Å². The number of allylic oxidation sites excluding steroid dienone is 4. The standard InChI is InChI=1S/C16H25/c1-5-6-7-14-8-9-15-12(3)11(2)13(4)16(15)10-14/h14H,5-10H2,1-4H3. The van der Waals surface area contributed by atoms with Crippen LogP contribution in [0.15, 0.2) is 22.3 Å². The molecule has 2 aliphatic rings. The highest BCUT2D eigenvalue weighted by Crippen LogP contribution is 2.47. The van der Waals surface area contributed by atoms with Crippen molar-refractivity contribution in [2.24, 2.45) is 5.92 Å². The molecule has 1 unspecified atom stereocenters. The molecular weight excluding hydrogens is 192 g/mol. The molecule has 89 valence electrons. The lowest BCUT2D eigenvalue weighted by Crippen LogP contribution is -2.10. The van der Waals surface area contributed by atoms with Crippen LogP contribution in [0.2, 0.25) is 0 Å². The van der Waals surface area contributed by atoms with Gasteiger partial charge in [-0.25, -0.2) is 0 Å². The smallest absolute Gasteiger partial charge is 0.0229 e. The molecule has 0 saturated carbocycles. The van der Waals surface area contributed by atoms with Crippen molar-refractivity contribution in [3.63, 3.8) is 0 Å². The number of rotatable bonds is 3. The summed E-state index contributed by atoms with van der Waals surface area (Å²) < 4.78 is 0. The second kappa shape index (κ2) is 4.77. The van der Waals surface area contributed by atoms with Gasteiger partial charge in [-0.1, -0.05) is 44.3 Å². The Balaban J connectivity index is 2.08. The normalized spacial score (nSPS) is 26.6. The summed E-state index contributed by atoms with van der Waals surface area (Å²) >= 11 is 0. The monoisotopic (exact) mass is 217 g/mol. The molecule has 2 rings (SSSR count). The largest absolute Gasteiger partial charge is 0.0654 e. The second-order valence-electron chi connectivity index (χ2n) is 5.58. The Kier molecular flexibility index (Phi) is 3.56. The third-order valence-electron chi connectivity index (χ3n) is 4.66. The molecule has 2 aliphatic carbocycles. The summed E-state index contributed by atoms with van der Waals surface area (Å²) in [4.78, 5) is 0. The molecule has 0 heterocycles. The molecule has 0 aliphatic heterocycles. The van der Waals surface area contributed by atoms with Gasteiger partial charge in [0, 0.05) is 5.92 Å². The first-order valence-electron chi connectivity index (χ1n) is 6.89. The second-order valence-corrected chi connectivity index (χ2v) is 5.58. The first kappa shape index (κ1) is 12.0. The number of hydrogen-bond acceptors (Lipinski definition) is 0. The summed E-state index contributed by atoms with van der Waals surface area (Å²) in [6.07, 6.45) is 8.33. The van der Waals surface area contributed by atoms with E-state index in [-0.39, 0.29) is 0 Å². The first-order chi connectivity index (χ1) is 7.65. The molecule has 1 radical (unpaired) electrons. The fourth-order valence-corrected chi connectivity index (χ4v) is 3.28. The molecule has 1 atom stereocenters. The van der Waals surface area contributed by atoms with Crippen molar-refractivity contribution in [1.82, 2.24) is 0 Å². The Hall–Kier alpha value is -0.520. The van der Waals surface area contributed by atoms with Crippen LogP contribution >= 0.6 is 0 Å². The molecule has 16 heavy (non-hydrogen) atoms. The number of hydrogen-bond donors (Lipinski definition) is 0. The quantitative estimate of drug-likeness (QED) is 0.608. The predicted molar refractivity (Wildman–Crippen MR) is 71.2 cm³/mol. The van der Waals surface area contributed by atoms with E-state index in [1.54, 1.807) is 28.2 Å². The van der Waals surface area contributed by atoms with E-state index < -0.39 is 0 Å². The van der Waals surface area contributed by atoms with Gasteiger partial charge in [-0.15, -0.1) is 0 Å². The van der Waals surface area contributed by atoms with Gasteiger partial charge in [0.2, 0.25) is 0 Å². The molecular formula is C16H25. The SMILES string of the molecule is CCCCC1CCC2=C(C1)C(C)=C(C)[C]2C. The number of unbranched alkanes of at least 4 members (excludes halogenated alkanes) is 1. The molecule has 0 aromatic heterocycles. The minimum Gasteiger partial charge on any atom is -0.0654 e. The van der Waals surface area contributed by atoms with Gasteiger partial charge in [-0.3, -0.25) is 0 Å². The molecule has 0 nitrogen and oxygen atoms in total. The third-order valence-corrected chi connectivity index (χ3v) is 4.66. The maximum atomic E-state index is 2.32. The Morgan fingerprint density at radius 1 is 1.06 bits per heavy atom. The van der Waals surface area contributed by atoms with Crippen LogP contribution in [0.3, 0.4) is 0 Å². The summed E-state index contributed by atoms with van der Waals surface area (Å²) in [5, 5.41) is 0. The Morgan fingerprint density at radius 2 is 1.81 bits per heavy atom. The Morgan fingerprint density at radius 3 is 2.50 bits per heavy atom. The highest BCUT2D eigenvalue weighted by Gasteiger charge is 2.31. The average Bonchev–Trinajstić information content (AvgIpc) is 2.52. The van der Waals surface area contributed by atoms with Crippen molar-refractivity contribution in [3.8, 4) is 0 Å². The summed E-state index contributed by atoms with van der Waals surface area (Å²) in [5.74, 6) is 2.55. The maximum absolute atomic E-state index is 2.32. The fourth-order valence-electron chi connectivity index (χ4n) is 3.28. The summed E-state index contributed by atoms with van der Waals surface area (Å²) in [5.41, 5.74) is 6.56. The van der Waals surface area contributed by atoms with E-state index >= 15 is 0 Å². The van der Waals surface area contributed by atoms with E-state index in [1.807, 2.05) is 0 Å². The van der Waals surface area contributed by atoms with E-state index in [2.05, 4.69) is 27.7 Å². The topological polar surface area (TPSA) is 0 Å². The van der Waals surface area contributed by atoms with Gasteiger partial charge in [-0.2, -0.15) is 0 Å². The fraction of sp³-hybridized carbons (Fsp3) is 0.688. The minimum absolute atomic E-state index is 0.965. The van der Waals surface area contributed by atoms with Crippen molar-refractivity contribution in [2.75, 3.05) is 0 Å². The first-order valence-corrected chi connectivity index (χ1v) is 6.89. The molecule has 0 heteroatoms. The summed E-state index contributed by atoms with van der Waals surface area (Å²) in [7, 11) is 0. The van der Waals surface area contributed by atoms with Gasteiger partial charge in [-0.05, 0) is 50.2 Å². The minimum atomic E-state index is 0.965. The maximum Gasteiger partial charge on any atom is 0.0229 e. The van der Waals surface area contributed by atoms with Crippen molar-refractivity contribution in [2.45, 2.75) is 66.2 Å². The van der Waals surface area contributed by atoms with Gasteiger partial charge in [0.25, 0.3) is 0 Å². The molecule has 0 fully saturated rings. The molecule has 0 aromatic carbocycles. The van der Waals surface area contributed by atoms with Crippen LogP contribution in [0, 0.1) is 11.8 Å². The van der Waals surface area contributed by atoms with E-state index in [1.165, 1.54) is 38.5 Å². The van der Waals surface area contributed by atoms with Crippen LogP contribution in [0.1, 0.15) is 66.2 Å². The van der Waals surface area contributed by atoms with Gasteiger partial charge < -0.3 is 0 Å². The Bertz CT molecular complexity index is 330. The van der Waals surface area contributed by atoms with Crippen LogP contribution < -0.4 is 0 Å². The van der Waals surface area contributed by atoms with Crippen LogP contribution in [-0.2, 0) is 0 Å². The van der Waals surface area contributed by atoms with Gasteiger partial charge >= 0.3 is 0 Å². The van der Waals surface area contributed by atoms with Crippen molar-refractivity contribution in [3.05, 3.63) is 28.2 Å². The molecule has 0 spiro atoms. The van der Waals surface area contributed by atoms with Crippen molar-refractivity contribution < 1.29 is 0 Å². The molecule has 0 aromatic rings. The van der Waals surface area contributed by atoms with Crippen molar-refractivity contribution >= 4 is 0 Å².